The van der Waals surface area contributed by atoms with Crippen LogP contribution in [0.15, 0.2) is 53.7 Å². The van der Waals surface area contributed by atoms with Crippen LogP contribution in [0.2, 0.25) is 10.0 Å². The van der Waals surface area contributed by atoms with Crippen molar-refractivity contribution in [2.24, 2.45) is 7.05 Å². The van der Waals surface area contributed by atoms with Crippen LogP contribution in [0.4, 0.5) is 0 Å². The molecule has 3 aromatic rings. The lowest BCUT2D eigenvalue weighted by Crippen LogP contribution is -2.25. The molecule has 0 aliphatic rings. The van der Waals surface area contributed by atoms with E-state index in [2.05, 4.69) is 20.8 Å². The van der Waals surface area contributed by atoms with E-state index >= 15 is 0 Å². The van der Waals surface area contributed by atoms with E-state index in [9.17, 15) is 9.59 Å². The minimum Gasteiger partial charge on any atom is -0.351 e. The van der Waals surface area contributed by atoms with Gasteiger partial charge in [-0.15, -0.1) is 10.2 Å². The summed E-state index contributed by atoms with van der Waals surface area (Å²) in [5, 5.41) is 15.1. The quantitative estimate of drug-likeness (QED) is 0.499. The molecule has 7 nitrogen and oxygen atoms in total. The summed E-state index contributed by atoms with van der Waals surface area (Å²) in [4.78, 5) is 24.4. The number of benzene rings is 2. The van der Waals surface area contributed by atoms with Gasteiger partial charge in [0.15, 0.2) is 11.0 Å². The fourth-order valence-electron chi connectivity index (χ4n) is 2.53. The SMILES string of the molecule is Cn1c(CNC(=O)c2ccc(Cl)cc2Cl)nnc1SCC(=O)NCc1ccccc1. The fourth-order valence-corrected chi connectivity index (χ4v) is 3.78. The number of carbonyl (C=O) groups is 2. The number of rotatable bonds is 8. The smallest absolute Gasteiger partial charge is 0.253 e. The van der Waals surface area contributed by atoms with E-state index in [0.717, 1.165) is 5.56 Å². The molecule has 0 fully saturated rings. The van der Waals surface area contributed by atoms with Gasteiger partial charge in [0.25, 0.3) is 5.91 Å². The highest BCUT2D eigenvalue weighted by Gasteiger charge is 2.14. The number of hydrogen-bond acceptors (Lipinski definition) is 5. The normalized spacial score (nSPS) is 10.6. The Bertz CT molecular complexity index is 1040. The summed E-state index contributed by atoms with van der Waals surface area (Å²) in [5.41, 5.74) is 1.36. The first-order valence-corrected chi connectivity index (χ1v) is 10.7. The molecule has 156 valence electrons. The van der Waals surface area contributed by atoms with Crippen molar-refractivity contribution in [3.63, 3.8) is 0 Å². The van der Waals surface area contributed by atoms with Crippen molar-refractivity contribution in [1.82, 2.24) is 25.4 Å². The van der Waals surface area contributed by atoms with Crippen molar-refractivity contribution in [3.8, 4) is 0 Å². The van der Waals surface area contributed by atoms with E-state index in [0.29, 0.717) is 28.1 Å². The minimum atomic E-state index is -0.339. The third-order valence-electron chi connectivity index (χ3n) is 4.17. The van der Waals surface area contributed by atoms with Gasteiger partial charge in [0.1, 0.15) is 0 Å². The third kappa shape index (κ3) is 5.98. The molecular weight excluding hydrogens is 445 g/mol. The molecule has 0 radical (unpaired) electrons. The van der Waals surface area contributed by atoms with Crippen LogP contribution in [0.3, 0.4) is 0 Å². The maximum Gasteiger partial charge on any atom is 0.253 e. The number of amides is 2. The molecule has 2 N–H and O–H groups in total. The predicted molar refractivity (Wildman–Crippen MR) is 118 cm³/mol. The Morgan fingerprint density at radius 3 is 2.53 bits per heavy atom. The number of nitrogens with one attached hydrogen (secondary N) is 2. The molecule has 0 atom stereocenters. The summed E-state index contributed by atoms with van der Waals surface area (Å²) in [6.45, 7) is 0.644. The maximum atomic E-state index is 12.3. The lowest BCUT2D eigenvalue weighted by atomic mass is 10.2. The summed E-state index contributed by atoms with van der Waals surface area (Å²) < 4.78 is 1.74. The Labute approximate surface area is 188 Å². The molecule has 3 rings (SSSR count). The van der Waals surface area contributed by atoms with Gasteiger partial charge in [0, 0.05) is 18.6 Å². The van der Waals surface area contributed by atoms with Crippen LogP contribution in [-0.2, 0) is 24.9 Å². The fraction of sp³-hybridized carbons (Fsp3) is 0.200. The second-order valence-corrected chi connectivity index (χ2v) is 8.10. The predicted octanol–water partition coefficient (Wildman–Crippen LogP) is 3.46. The van der Waals surface area contributed by atoms with Crippen molar-refractivity contribution in [2.75, 3.05) is 5.75 Å². The van der Waals surface area contributed by atoms with Crippen molar-refractivity contribution >= 4 is 46.8 Å². The number of aromatic nitrogens is 3. The number of halogens is 2. The Kier molecular flexibility index (Phi) is 7.73. The molecule has 0 aliphatic carbocycles. The van der Waals surface area contributed by atoms with Crippen LogP contribution >= 0.6 is 35.0 Å². The highest BCUT2D eigenvalue weighted by Crippen LogP contribution is 2.21. The first-order chi connectivity index (χ1) is 14.4. The monoisotopic (exact) mass is 463 g/mol. The molecule has 0 saturated carbocycles. The molecule has 0 spiro atoms. The molecule has 1 heterocycles. The van der Waals surface area contributed by atoms with Gasteiger partial charge in [-0.1, -0.05) is 65.3 Å². The molecule has 0 saturated heterocycles. The number of carbonyl (C=O) groups excluding carboxylic acids is 2. The van der Waals surface area contributed by atoms with E-state index < -0.39 is 0 Å². The van der Waals surface area contributed by atoms with Gasteiger partial charge < -0.3 is 15.2 Å². The van der Waals surface area contributed by atoms with Gasteiger partial charge in [-0.25, -0.2) is 0 Å². The first-order valence-electron chi connectivity index (χ1n) is 8.99. The van der Waals surface area contributed by atoms with Crippen molar-refractivity contribution in [1.29, 1.82) is 0 Å². The molecule has 2 aromatic carbocycles. The van der Waals surface area contributed by atoms with Gasteiger partial charge in [-0.05, 0) is 23.8 Å². The van der Waals surface area contributed by atoms with E-state index in [1.165, 1.54) is 17.8 Å². The highest BCUT2D eigenvalue weighted by molar-refractivity contribution is 7.99. The zero-order valence-corrected chi connectivity index (χ0v) is 18.4. The number of hydrogen-bond donors (Lipinski definition) is 2. The topological polar surface area (TPSA) is 88.9 Å². The second-order valence-electron chi connectivity index (χ2n) is 6.32. The van der Waals surface area contributed by atoms with E-state index in [4.69, 9.17) is 23.2 Å². The highest BCUT2D eigenvalue weighted by atomic mass is 35.5. The van der Waals surface area contributed by atoms with Crippen molar-refractivity contribution in [3.05, 3.63) is 75.5 Å². The summed E-state index contributed by atoms with van der Waals surface area (Å²) >= 11 is 13.2. The Balaban J connectivity index is 1.49. The average Bonchev–Trinajstić information content (AvgIpc) is 3.09. The van der Waals surface area contributed by atoms with E-state index in [1.807, 2.05) is 30.3 Å². The molecule has 10 heteroatoms. The molecule has 2 amide bonds. The van der Waals surface area contributed by atoms with Gasteiger partial charge >= 0.3 is 0 Å². The standard InChI is InChI=1S/C20H19Cl2N5O2S/c1-27-17(11-24-19(29)15-8-7-14(21)9-16(15)22)25-26-20(27)30-12-18(28)23-10-13-5-3-2-4-6-13/h2-9H,10-12H2,1H3,(H,23,28)(H,24,29). The van der Waals surface area contributed by atoms with Crippen molar-refractivity contribution < 1.29 is 9.59 Å². The van der Waals surface area contributed by atoms with Gasteiger partial charge in [0.2, 0.25) is 5.91 Å². The summed E-state index contributed by atoms with van der Waals surface area (Å²) in [5.74, 6) is 0.333. The molecular formula is C20H19Cl2N5O2S. The van der Waals surface area contributed by atoms with Crippen molar-refractivity contribution in [2.45, 2.75) is 18.2 Å². The zero-order chi connectivity index (χ0) is 21.5. The maximum absolute atomic E-state index is 12.3. The number of thioether (sulfide) groups is 1. The summed E-state index contributed by atoms with van der Waals surface area (Å²) in [6.07, 6.45) is 0. The molecule has 0 aliphatic heterocycles. The second kappa shape index (κ2) is 10.5. The van der Waals surface area contributed by atoms with Crippen LogP contribution in [-0.4, -0.2) is 32.3 Å². The summed E-state index contributed by atoms with van der Waals surface area (Å²) in [6, 6.07) is 14.4. The average molecular weight is 464 g/mol. The van der Waals surface area contributed by atoms with Gasteiger partial charge in [-0.3, -0.25) is 9.59 Å². The minimum absolute atomic E-state index is 0.0981. The van der Waals surface area contributed by atoms with E-state index in [-0.39, 0.29) is 29.1 Å². The van der Waals surface area contributed by atoms with Crippen LogP contribution in [0.1, 0.15) is 21.7 Å². The lowest BCUT2D eigenvalue weighted by Gasteiger charge is -2.08. The van der Waals surface area contributed by atoms with Crippen LogP contribution in [0.25, 0.3) is 0 Å². The van der Waals surface area contributed by atoms with Crippen LogP contribution < -0.4 is 10.6 Å². The van der Waals surface area contributed by atoms with E-state index in [1.54, 1.807) is 23.7 Å². The molecule has 0 unspecified atom stereocenters. The zero-order valence-electron chi connectivity index (χ0n) is 16.1. The Hall–Kier alpha value is -2.55. The largest absolute Gasteiger partial charge is 0.351 e. The third-order valence-corrected chi connectivity index (χ3v) is 5.74. The van der Waals surface area contributed by atoms with Gasteiger partial charge in [0.05, 0.1) is 22.9 Å². The summed E-state index contributed by atoms with van der Waals surface area (Å²) in [7, 11) is 1.78. The Morgan fingerprint density at radius 2 is 1.80 bits per heavy atom. The number of nitrogens with zero attached hydrogens (tertiary/aromatic N) is 3. The Morgan fingerprint density at radius 1 is 1.03 bits per heavy atom. The van der Waals surface area contributed by atoms with Crippen LogP contribution in [0.5, 0.6) is 0 Å². The first kappa shape index (κ1) is 22.1. The van der Waals surface area contributed by atoms with Gasteiger partial charge in [-0.2, -0.15) is 0 Å². The molecule has 1 aromatic heterocycles. The molecule has 0 bridgehead atoms. The lowest BCUT2D eigenvalue weighted by molar-refractivity contribution is -0.118. The van der Waals surface area contributed by atoms with Crippen LogP contribution in [0, 0.1) is 0 Å². The molecule has 30 heavy (non-hydrogen) atoms.